The van der Waals surface area contributed by atoms with Crippen molar-refractivity contribution in [1.29, 1.82) is 0 Å². The van der Waals surface area contributed by atoms with E-state index in [-0.39, 0.29) is 0 Å². The molecule has 0 radical (unpaired) electrons. The van der Waals surface area contributed by atoms with Gasteiger partial charge in [0.25, 0.3) is 0 Å². The molecule has 0 bridgehead atoms. The molecule has 0 fully saturated rings. The average Bonchev–Trinajstić information content (AvgIpc) is 1.67. The van der Waals surface area contributed by atoms with Crippen molar-refractivity contribution >= 4 is 18.2 Å². The molecule has 106 valence electrons. The molecule has 13 heteroatoms. The van der Waals surface area contributed by atoms with E-state index in [9.17, 15) is 52.7 Å². The molecule has 0 amide bonds. The van der Waals surface area contributed by atoms with Crippen LogP contribution >= 0.6 is 0 Å². The van der Waals surface area contributed by atoms with E-state index in [0.717, 1.165) is 0 Å². The van der Waals surface area contributed by atoms with Gasteiger partial charge in [0.2, 0.25) is 0 Å². The molecule has 0 heterocycles. The fourth-order valence-electron chi connectivity index (χ4n) is 0.787. The van der Waals surface area contributed by atoms with Crippen LogP contribution in [0.3, 0.4) is 0 Å². The molecule has 0 spiro atoms. The molecular formula is C4F12Te. The molecule has 17 heavy (non-hydrogen) atoms. The molecular weight excluding hydrogens is 404 g/mol. The second-order valence-electron chi connectivity index (χ2n) is 2.40. The molecule has 0 aromatic heterocycles. The first kappa shape index (κ1) is 16.9. The molecule has 0 aliphatic carbocycles. The summed E-state index contributed by atoms with van der Waals surface area (Å²) in [5.41, 5.74) is 0. The van der Waals surface area contributed by atoms with Crippen LogP contribution in [-0.4, -0.2) is 35.1 Å². The van der Waals surface area contributed by atoms with Crippen molar-refractivity contribution in [2.45, 2.75) is 16.9 Å². The van der Waals surface area contributed by atoms with Gasteiger partial charge in [-0.25, -0.2) is 0 Å². The second-order valence-corrected chi connectivity index (χ2v) is 11.2. The van der Waals surface area contributed by atoms with Crippen LogP contribution in [0.15, 0.2) is 0 Å². The molecule has 0 saturated carbocycles. The monoisotopic (exact) mass is 406 g/mol. The third kappa shape index (κ3) is 2.40. The Bertz CT molecular complexity index is 211. The fraction of sp³-hybridized carbons (Fsp3) is 1.00. The van der Waals surface area contributed by atoms with Gasteiger partial charge in [-0.15, -0.1) is 0 Å². The number of halogens is 12. The molecule has 0 atom stereocenters. The van der Waals surface area contributed by atoms with Gasteiger partial charge in [-0.1, -0.05) is 0 Å². The number of hydrogen-bond acceptors (Lipinski definition) is 0. The summed E-state index contributed by atoms with van der Waals surface area (Å²) in [5, 5.41) is 0. The molecule has 0 N–H and O–H groups in total. The predicted octanol–water partition coefficient (Wildman–Crippen LogP) is 3.84. The minimum absolute atomic E-state index is 7.42. The van der Waals surface area contributed by atoms with Crippen molar-refractivity contribution in [3.05, 3.63) is 0 Å². The molecule has 0 saturated heterocycles. The van der Waals surface area contributed by atoms with E-state index >= 15 is 0 Å². The van der Waals surface area contributed by atoms with Gasteiger partial charge in [-0.05, 0) is 0 Å². The zero-order valence-corrected chi connectivity index (χ0v) is 9.27. The van der Waals surface area contributed by atoms with Crippen molar-refractivity contribution in [3.63, 3.8) is 0 Å². The summed E-state index contributed by atoms with van der Waals surface area (Å²) in [7, 11) is 0. The standard InChI is InChI=1S/C4F12Te/c5-1(6,7)17(2(8,9)10,3(11,12)13)4(14,15)16. The van der Waals surface area contributed by atoms with Crippen LogP contribution in [0, 0.1) is 0 Å². The van der Waals surface area contributed by atoms with Crippen LogP contribution in [0.5, 0.6) is 0 Å². The topological polar surface area (TPSA) is 0 Å². The first-order valence-electron chi connectivity index (χ1n) is 3.08. The van der Waals surface area contributed by atoms with Crippen LogP contribution in [0.1, 0.15) is 0 Å². The Labute approximate surface area is 88.4 Å². The van der Waals surface area contributed by atoms with Gasteiger partial charge in [-0.3, -0.25) is 0 Å². The van der Waals surface area contributed by atoms with Crippen LogP contribution < -0.4 is 0 Å². The van der Waals surface area contributed by atoms with Gasteiger partial charge in [0.05, 0.1) is 0 Å². The normalized spacial score (nSPS) is 17.2. The third-order valence-electron chi connectivity index (χ3n) is 1.39. The van der Waals surface area contributed by atoms with Crippen molar-refractivity contribution in [3.8, 4) is 0 Å². The first-order valence-corrected chi connectivity index (χ1v) is 7.75. The summed E-state index contributed by atoms with van der Waals surface area (Å²) in [6.07, 6.45) is 0. The van der Waals surface area contributed by atoms with Crippen LogP contribution in [-0.2, 0) is 0 Å². The van der Waals surface area contributed by atoms with Crippen molar-refractivity contribution in [1.82, 2.24) is 0 Å². The van der Waals surface area contributed by atoms with E-state index in [2.05, 4.69) is 0 Å². The SMILES string of the molecule is FC(F)(F)[Te](C(F)(F)F)(C(F)(F)F)C(F)(F)F. The van der Waals surface area contributed by atoms with E-state index in [1.165, 1.54) is 0 Å². The fourth-order valence-corrected chi connectivity index (χ4v) is 5.28. The first-order chi connectivity index (χ1) is 7.00. The van der Waals surface area contributed by atoms with E-state index in [1.54, 1.807) is 0 Å². The zero-order valence-electron chi connectivity index (χ0n) is 6.94. The number of rotatable bonds is 0. The summed E-state index contributed by atoms with van der Waals surface area (Å²) in [6.45, 7) is 0. The van der Waals surface area contributed by atoms with Crippen LogP contribution in [0.2, 0.25) is 0 Å². The Hall–Kier alpha value is -0.0504. The minimum atomic E-state index is -10.3. The Morgan fingerprint density at radius 1 is 0.353 bits per heavy atom. The maximum atomic E-state index is 11.8. The summed E-state index contributed by atoms with van der Waals surface area (Å²) in [5.74, 6) is 0. The van der Waals surface area contributed by atoms with Crippen molar-refractivity contribution in [2.24, 2.45) is 0 Å². The Morgan fingerprint density at radius 3 is 0.471 bits per heavy atom. The zero-order chi connectivity index (χ0) is 14.5. The maximum absolute atomic E-state index is 11.8. The molecule has 0 rings (SSSR count). The van der Waals surface area contributed by atoms with Crippen molar-refractivity contribution in [2.75, 3.05) is 0 Å². The van der Waals surface area contributed by atoms with Gasteiger partial charge in [0, 0.05) is 0 Å². The van der Waals surface area contributed by atoms with Gasteiger partial charge >= 0.3 is 87.8 Å². The molecule has 0 aliphatic rings. The van der Waals surface area contributed by atoms with E-state index < -0.39 is 35.1 Å². The van der Waals surface area contributed by atoms with E-state index in [4.69, 9.17) is 0 Å². The average molecular weight is 404 g/mol. The van der Waals surface area contributed by atoms with E-state index in [1.807, 2.05) is 0 Å². The summed E-state index contributed by atoms with van der Waals surface area (Å²) in [6, 6.07) is 0. The Kier molecular flexibility index (Phi) is 3.96. The molecule has 0 aromatic carbocycles. The molecule has 0 nitrogen and oxygen atoms in total. The van der Waals surface area contributed by atoms with Crippen LogP contribution in [0.4, 0.5) is 52.7 Å². The van der Waals surface area contributed by atoms with E-state index in [0.29, 0.717) is 0 Å². The van der Waals surface area contributed by atoms with Gasteiger partial charge in [0.1, 0.15) is 0 Å². The molecule has 0 unspecified atom stereocenters. The number of alkyl halides is 12. The predicted molar refractivity (Wildman–Crippen MR) is 30.0 cm³/mol. The summed E-state index contributed by atoms with van der Waals surface area (Å²) in [4.78, 5) is 0. The Balaban J connectivity index is 6.37. The Morgan fingerprint density at radius 2 is 0.471 bits per heavy atom. The van der Waals surface area contributed by atoms with Gasteiger partial charge in [0.15, 0.2) is 0 Å². The molecule has 0 aliphatic heterocycles. The van der Waals surface area contributed by atoms with Gasteiger partial charge < -0.3 is 0 Å². The third-order valence-corrected chi connectivity index (χ3v) is 9.32. The number of hydrogen-bond donors (Lipinski definition) is 0. The van der Waals surface area contributed by atoms with Crippen LogP contribution in [0.25, 0.3) is 0 Å². The van der Waals surface area contributed by atoms with Gasteiger partial charge in [-0.2, -0.15) is 0 Å². The summed E-state index contributed by atoms with van der Waals surface area (Å²) < 4.78 is 112. The van der Waals surface area contributed by atoms with Crippen molar-refractivity contribution < 1.29 is 52.7 Å². The quantitative estimate of drug-likeness (QED) is 0.426. The summed E-state index contributed by atoms with van der Waals surface area (Å²) >= 11 is -10.3. The molecule has 0 aromatic rings. The second kappa shape index (κ2) is 3.97.